The first kappa shape index (κ1) is 13.0. The van der Waals surface area contributed by atoms with Gasteiger partial charge in [-0.1, -0.05) is 12.1 Å². The molecule has 2 N–H and O–H groups in total. The summed E-state index contributed by atoms with van der Waals surface area (Å²) in [7, 11) is 1.93. The van der Waals surface area contributed by atoms with Gasteiger partial charge in [0.15, 0.2) is 4.34 Å². The minimum absolute atomic E-state index is 0.195. The number of aromatic nitrogens is 2. The predicted octanol–water partition coefficient (Wildman–Crippen LogP) is 3.47. The zero-order chi connectivity index (χ0) is 14.1. The minimum Gasteiger partial charge on any atom is -0.477 e. The van der Waals surface area contributed by atoms with Crippen LogP contribution in [-0.2, 0) is 0 Å². The summed E-state index contributed by atoms with van der Waals surface area (Å²) in [6.07, 6.45) is 1.76. The predicted molar refractivity (Wildman–Crippen MR) is 81.6 cm³/mol. The molecule has 0 aliphatic carbocycles. The first-order valence-electron chi connectivity index (χ1n) is 5.81. The van der Waals surface area contributed by atoms with Crippen molar-refractivity contribution in [2.24, 2.45) is 0 Å². The number of hydrogen-bond donors (Lipinski definition) is 2. The Kier molecular flexibility index (Phi) is 3.37. The van der Waals surface area contributed by atoms with Gasteiger partial charge in [-0.25, -0.2) is 9.78 Å². The smallest absolute Gasteiger partial charge is 0.352 e. The summed E-state index contributed by atoms with van der Waals surface area (Å²) >= 11 is 3.08. The zero-order valence-electron chi connectivity index (χ0n) is 10.5. The van der Waals surface area contributed by atoms with E-state index in [-0.39, 0.29) is 5.69 Å². The third-order valence-electron chi connectivity index (χ3n) is 2.83. The number of nitrogens with zero attached hydrogens (tertiary/aromatic N) is 2. The van der Waals surface area contributed by atoms with Gasteiger partial charge in [-0.3, -0.25) is 0 Å². The number of hydrogen-bond acceptors (Lipinski definition) is 5. The van der Waals surface area contributed by atoms with E-state index in [2.05, 4.69) is 9.97 Å². The summed E-state index contributed by atoms with van der Waals surface area (Å²) in [5, 5.41) is 11.9. The highest BCUT2D eigenvalue weighted by Gasteiger charge is 2.13. The maximum Gasteiger partial charge on any atom is 0.352 e. The largest absolute Gasteiger partial charge is 0.477 e. The number of nitrogens with one attached hydrogen (secondary N) is 1. The van der Waals surface area contributed by atoms with Crippen molar-refractivity contribution in [1.82, 2.24) is 9.97 Å². The van der Waals surface area contributed by atoms with Gasteiger partial charge in [0.25, 0.3) is 0 Å². The SMILES string of the molecule is CN(Sc1nccs1)c1cccc2cc(C(=O)O)[nH]c12. The number of fused-ring (bicyclic) bond motifs is 1. The molecule has 0 saturated carbocycles. The van der Waals surface area contributed by atoms with E-state index in [0.717, 1.165) is 20.9 Å². The Morgan fingerprint density at radius 1 is 1.50 bits per heavy atom. The molecule has 0 aliphatic rings. The lowest BCUT2D eigenvalue weighted by atomic mass is 10.2. The summed E-state index contributed by atoms with van der Waals surface area (Å²) in [4.78, 5) is 18.2. The molecule has 0 amide bonds. The van der Waals surface area contributed by atoms with Crippen LogP contribution in [0.15, 0.2) is 40.2 Å². The fourth-order valence-electron chi connectivity index (χ4n) is 1.94. The molecule has 5 nitrogen and oxygen atoms in total. The molecular formula is C13H11N3O2S2. The van der Waals surface area contributed by atoms with Gasteiger partial charge in [-0.05, 0) is 12.1 Å². The van der Waals surface area contributed by atoms with Crippen LogP contribution in [0.3, 0.4) is 0 Å². The van der Waals surface area contributed by atoms with Crippen LogP contribution in [0.25, 0.3) is 10.9 Å². The molecule has 0 bridgehead atoms. The standard InChI is InChI=1S/C13H11N3O2S2/c1-16(20-13-14-5-6-19-13)10-4-2-3-8-7-9(12(17)18)15-11(8)10/h2-7,15H,1H3,(H,17,18). The summed E-state index contributed by atoms with van der Waals surface area (Å²) in [5.74, 6) is -0.956. The average Bonchev–Trinajstić information content (AvgIpc) is 3.05. The lowest BCUT2D eigenvalue weighted by Gasteiger charge is -2.16. The molecule has 20 heavy (non-hydrogen) atoms. The number of thiazole rings is 1. The lowest BCUT2D eigenvalue weighted by Crippen LogP contribution is -2.06. The van der Waals surface area contributed by atoms with Gasteiger partial charge in [0.1, 0.15) is 5.69 Å². The molecule has 7 heteroatoms. The Hall–Kier alpha value is -1.99. The highest BCUT2D eigenvalue weighted by molar-refractivity contribution is 8.02. The van der Waals surface area contributed by atoms with Gasteiger partial charge in [-0.2, -0.15) is 0 Å². The van der Waals surface area contributed by atoms with Crippen molar-refractivity contribution < 1.29 is 9.90 Å². The lowest BCUT2D eigenvalue weighted by molar-refractivity contribution is 0.0691. The Morgan fingerprint density at radius 3 is 3.05 bits per heavy atom. The van der Waals surface area contributed by atoms with E-state index in [1.54, 1.807) is 23.6 Å². The molecule has 2 heterocycles. The van der Waals surface area contributed by atoms with E-state index < -0.39 is 5.97 Å². The number of carboxylic acid groups (broad SMARTS) is 1. The summed E-state index contributed by atoms with van der Waals surface area (Å²) < 4.78 is 2.91. The van der Waals surface area contributed by atoms with Crippen molar-refractivity contribution in [3.63, 3.8) is 0 Å². The van der Waals surface area contributed by atoms with E-state index in [9.17, 15) is 4.79 Å². The number of rotatable bonds is 4. The highest BCUT2D eigenvalue weighted by Crippen LogP contribution is 2.33. The number of anilines is 1. The molecule has 0 fully saturated rings. The normalized spacial score (nSPS) is 10.8. The number of aromatic amines is 1. The molecule has 0 atom stereocenters. The van der Waals surface area contributed by atoms with E-state index >= 15 is 0 Å². The Bertz CT molecular complexity index is 752. The molecule has 0 aliphatic heterocycles. The van der Waals surface area contributed by atoms with Crippen molar-refractivity contribution >= 4 is 45.8 Å². The second kappa shape index (κ2) is 5.18. The van der Waals surface area contributed by atoms with Crippen molar-refractivity contribution in [1.29, 1.82) is 0 Å². The van der Waals surface area contributed by atoms with Gasteiger partial charge in [0.05, 0.1) is 11.2 Å². The van der Waals surface area contributed by atoms with Crippen LogP contribution in [0.2, 0.25) is 0 Å². The van der Waals surface area contributed by atoms with Crippen LogP contribution in [-0.4, -0.2) is 28.1 Å². The third kappa shape index (κ3) is 2.37. The molecule has 102 valence electrons. The number of carbonyl (C=O) groups is 1. The Balaban J connectivity index is 2.00. The summed E-state index contributed by atoms with van der Waals surface area (Å²) in [6.45, 7) is 0. The van der Waals surface area contributed by atoms with Crippen LogP contribution < -0.4 is 4.31 Å². The van der Waals surface area contributed by atoms with Crippen molar-refractivity contribution in [2.45, 2.75) is 4.34 Å². The zero-order valence-corrected chi connectivity index (χ0v) is 12.2. The van der Waals surface area contributed by atoms with E-state index in [1.165, 1.54) is 11.9 Å². The third-order valence-corrected chi connectivity index (χ3v) is 4.64. The van der Waals surface area contributed by atoms with Gasteiger partial charge < -0.3 is 14.4 Å². The fraction of sp³-hybridized carbons (Fsp3) is 0.0769. The van der Waals surface area contributed by atoms with Gasteiger partial charge >= 0.3 is 5.97 Å². The van der Waals surface area contributed by atoms with Crippen molar-refractivity contribution in [3.8, 4) is 0 Å². The van der Waals surface area contributed by atoms with Gasteiger partial charge in [0, 0.05) is 36.0 Å². The van der Waals surface area contributed by atoms with Crippen LogP contribution in [0.5, 0.6) is 0 Å². The topological polar surface area (TPSA) is 69.2 Å². The first-order valence-corrected chi connectivity index (χ1v) is 7.46. The highest BCUT2D eigenvalue weighted by atomic mass is 32.2. The minimum atomic E-state index is -0.956. The van der Waals surface area contributed by atoms with Gasteiger partial charge in [-0.15, -0.1) is 11.3 Å². The molecule has 3 aromatic rings. The number of benzene rings is 1. The Labute approximate surface area is 123 Å². The monoisotopic (exact) mass is 305 g/mol. The van der Waals surface area contributed by atoms with Crippen molar-refractivity contribution in [3.05, 3.63) is 41.5 Å². The molecular weight excluding hydrogens is 294 g/mol. The number of aromatic carboxylic acids is 1. The number of carboxylic acids is 1. The van der Waals surface area contributed by atoms with E-state index in [4.69, 9.17) is 5.11 Å². The van der Waals surface area contributed by atoms with Gasteiger partial charge in [0.2, 0.25) is 0 Å². The van der Waals surface area contributed by atoms with Crippen LogP contribution in [0.4, 0.5) is 5.69 Å². The maximum absolute atomic E-state index is 11.0. The van der Waals surface area contributed by atoms with Crippen LogP contribution in [0.1, 0.15) is 10.5 Å². The Morgan fingerprint density at radius 2 is 2.35 bits per heavy atom. The molecule has 1 aromatic carbocycles. The quantitative estimate of drug-likeness (QED) is 0.722. The molecule has 3 rings (SSSR count). The molecule has 0 saturated heterocycles. The van der Waals surface area contributed by atoms with E-state index in [1.807, 2.05) is 34.9 Å². The first-order chi connectivity index (χ1) is 9.65. The fourth-order valence-corrected chi connectivity index (χ4v) is 3.57. The number of H-pyrrole nitrogens is 1. The summed E-state index contributed by atoms with van der Waals surface area (Å²) in [6, 6.07) is 7.40. The van der Waals surface area contributed by atoms with Crippen LogP contribution >= 0.6 is 23.3 Å². The molecule has 0 radical (unpaired) electrons. The molecule has 0 unspecified atom stereocenters. The van der Waals surface area contributed by atoms with E-state index in [0.29, 0.717) is 0 Å². The van der Waals surface area contributed by atoms with Crippen LogP contribution in [0, 0.1) is 0 Å². The maximum atomic E-state index is 11.0. The summed E-state index contributed by atoms with van der Waals surface area (Å²) in [5.41, 5.74) is 1.94. The second-order valence-electron chi connectivity index (χ2n) is 4.12. The molecule has 2 aromatic heterocycles. The van der Waals surface area contributed by atoms with Crippen molar-refractivity contribution in [2.75, 3.05) is 11.4 Å². The molecule has 0 spiro atoms. The second-order valence-corrected chi connectivity index (χ2v) is 6.39. The number of para-hydroxylation sites is 1. The average molecular weight is 305 g/mol.